The van der Waals surface area contributed by atoms with E-state index in [2.05, 4.69) is 16.2 Å². The topological polar surface area (TPSA) is 81.2 Å². The van der Waals surface area contributed by atoms with Crippen molar-refractivity contribution in [2.75, 3.05) is 6.61 Å². The Morgan fingerprint density at radius 2 is 1.92 bits per heavy atom. The van der Waals surface area contributed by atoms with E-state index in [0.717, 1.165) is 5.56 Å². The number of hydrogen-bond acceptors (Lipinski definition) is 6. The number of hydrogen-bond donors (Lipinski definition) is 0. The van der Waals surface area contributed by atoms with Crippen LogP contribution in [0.15, 0.2) is 53.1 Å². The van der Waals surface area contributed by atoms with Gasteiger partial charge in [0.05, 0.1) is 18.2 Å². The maximum atomic E-state index is 8.96. The third-order valence-electron chi connectivity index (χ3n) is 3.22. The van der Waals surface area contributed by atoms with E-state index in [-0.39, 0.29) is 6.61 Å². The fourth-order valence-corrected chi connectivity index (χ4v) is 2.12. The SMILES string of the molecule is CCOc1cc(C#N)ccc1OCc1nc(-c2ccccc2)no1. The van der Waals surface area contributed by atoms with Gasteiger partial charge in [0, 0.05) is 11.6 Å². The van der Waals surface area contributed by atoms with Crippen LogP contribution in [0.5, 0.6) is 11.5 Å². The molecule has 2 aromatic carbocycles. The van der Waals surface area contributed by atoms with Crippen molar-refractivity contribution in [2.45, 2.75) is 13.5 Å². The van der Waals surface area contributed by atoms with Gasteiger partial charge in [-0.15, -0.1) is 0 Å². The molecule has 6 nitrogen and oxygen atoms in total. The fourth-order valence-electron chi connectivity index (χ4n) is 2.12. The van der Waals surface area contributed by atoms with Gasteiger partial charge in [0.15, 0.2) is 18.1 Å². The molecular weight excluding hydrogens is 306 g/mol. The zero-order chi connectivity index (χ0) is 16.8. The highest BCUT2D eigenvalue weighted by molar-refractivity contribution is 5.53. The molecule has 0 bridgehead atoms. The summed E-state index contributed by atoms with van der Waals surface area (Å²) >= 11 is 0. The number of rotatable bonds is 6. The number of ether oxygens (including phenoxy) is 2. The van der Waals surface area contributed by atoms with Crippen molar-refractivity contribution in [3.63, 3.8) is 0 Å². The molecule has 0 unspecified atom stereocenters. The highest BCUT2D eigenvalue weighted by atomic mass is 16.5. The molecule has 0 fully saturated rings. The van der Waals surface area contributed by atoms with Gasteiger partial charge in [-0.05, 0) is 19.1 Å². The van der Waals surface area contributed by atoms with E-state index in [1.165, 1.54) is 0 Å². The lowest BCUT2D eigenvalue weighted by Gasteiger charge is -2.10. The van der Waals surface area contributed by atoms with Gasteiger partial charge in [0.2, 0.25) is 5.82 Å². The van der Waals surface area contributed by atoms with Crippen LogP contribution >= 0.6 is 0 Å². The zero-order valence-corrected chi connectivity index (χ0v) is 13.1. The maximum Gasteiger partial charge on any atom is 0.264 e. The van der Waals surface area contributed by atoms with E-state index >= 15 is 0 Å². The summed E-state index contributed by atoms with van der Waals surface area (Å²) in [5.41, 5.74) is 1.39. The average Bonchev–Trinajstić information content (AvgIpc) is 3.10. The van der Waals surface area contributed by atoms with Gasteiger partial charge in [-0.3, -0.25) is 0 Å². The Balaban J connectivity index is 1.72. The summed E-state index contributed by atoms with van der Waals surface area (Å²) in [6.07, 6.45) is 0. The summed E-state index contributed by atoms with van der Waals surface area (Å²) in [5, 5.41) is 12.9. The van der Waals surface area contributed by atoms with Crippen LogP contribution in [0.4, 0.5) is 0 Å². The van der Waals surface area contributed by atoms with Crippen molar-refractivity contribution in [1.29, 1.82) is 5.26 Å². The molecule has 6 heteroatoms. The van der Waals surface area contributed by atoms with Crippen LogP contribution in [-0.4, -0.2) is 16.7 Å². The van der Waals surface area contributed by atoms with Gasteiger partial charge in [-0.25, -0.2) is 0 Å². The molecule has 0 saturated carbocycles. The Morgan fingerprint density at radius 1 is 1.08 bits per heavy atom. The molecule has 0 spiro atoms. The molecule has 0 N–H and O–H groups in total. The quantitative estimate of drug-likeness (QED) is 0.690. The predicted octanol–water partition coefficient (Wildman–Crippen LogP) is 3.59. The number of nitrogens with zero attached hydrogens (tertiary/aromatic N) is 3. The van der Waals surface area contributed by atoms with Crippen LogP contribution < -0.4 is 9.47 Å². The Labute approximate surface area is 139 Å². The van der Waals surface area contributed by atoms with E-state index < -0.39 is 0 Å². The van der Waals surface area contributed by atoms with Crippen LogP contribution in [0.3, 0.4) is 0 Å². The summed E-state index contributed by atoms with van der Waals surface area (Å²) in [5.74, 6) is 1.91. The highest BCUT2D eigenvalue weighted by Crippen LogP contribution is 2.29. The summed E-state index contributed by atoms with van der Waals surface area (Å²) in [7, 11) is 0. The first-order valence-corrected chi connectivity index (χ1v) is 7.48. The summed E-state index contributed by atoms with van der Waals surface area (Å²) in [6, 6.07) is 16.6. The monoisotopic (exact) mass is 321 g/mol. The second-order valence-corrected chi connectivity index (χ2v) is 4.87. The van der Waals surface area contributed by atoms with Crippen LogP contribution in [0.1, 0.15) is 18.4 Å². The van der Waals surface area contributed by atoms with Crippen molar-refractivity contribution >= 4 is 0 Å². The van der Waals surface area contributed by atoms with E-state index in [1.54, 1.807) is 18.2 Å². The Kier molecular flexibility index (Phi) is 4.73. The zero-order valence-electron chi connectivity index (χ0n) is 13.1. The molecule has 0 aliphatic heterocycles. The molecule has 0 saturated heterocycles. The molecule has 1 heterocycles. The molecule has 0 radical (unpaired) electrons. The normalized spacial score (nSPS) is 10.2. The van der Waals surface area contributed by atoms with Gasteiger partial charge in [-0.2, -0.15) is 10.2 Å². The van der Waals surface area contributed by atoms with Gasteiger partial charge >= 0.3 is 0 Å². The van der Waals surface area contributed by atoms with Crippen molar-refractivity contribution in [2.24, 2.45) is 0 Å². The minimum Gasteiger partial charge on any atom is -0.490 e. The summed E-state index contributed by atoms with van der Waals surface area (Å²) < 4.78 is 16.4. The smallest absolute Gasteiger partial charge is 0.264 e. The van der Waals surface area contributed by atoms with E-state index in [1.807, 2.05) is 37.3 Å². The first-order valence-electron chi connectivity index (χ1n) is 7.48. The predicted molar refractivity (Wildman–Crippen MR) is 86.4 cm³/mol. The molecule has 24 heavy (non-hydrogen) atoms. The highest BCUT2D eigenvalue weighted by Gasteiger charge is 2.11. The minimum atomic E-state index is 0.117. The molecule has 120 valence electrons. The number of aromatic nitrogens is 2. The van der Waals surface area contributed by atoms with Gasteiger partial charge in [0.25, 0.3) is 5.89 Å². The average molecular weight is 321 g/mol. The van der Waals surface area contributed by atoms with Crippen LogP contribution in [0, 0.1) is 11.3 Å². The lowest BCUT2D eigenvalue weighted by molar-refractivity contribution is 0.228. The molecule has 0 aliphatic rings. The van der Waals surface area contributed by atoms with Crippen molar-refractivity contribution in [3.05, 3.63) is 60.0 Å². The van der Waals surface area contributed by atoms with E-state index in [4.69, 9.17) is 19.3 Å². The Bertz CT molecular complexity index is 853. The summed E-state index contributed by atoms with van der Waals surface area (Å²) in [6.45, 7) is 2.46. The van der Waals surface area contributed by atoms with E-state index in [0.29, 0.717) is 35.4 Å². The maximum absolute atomic E-state index is 8.96. The Hall–Kier alpha value is -3.33. The van der Waals surface area contributed by atoms with E-state index in [9.17, 15) is 0 Å². The standard InChI is InChI=1S/C18H15N3O3/c1-2-22-16-10-13(11-19)8-9-15(16)23-12-17-20-18(21-24-17)14-6-4-3-5-7-14/h3-10H,2,12H2,1H3. The third-order valence-corrected chi connectivity index (χ3v) is 3.22. The second-order valence-electron chi connectivity index (χ2n) is 4.87. The van der Waals surface area contributed by atoms with Crippen molar-refractivity contribution in [3.8, 4) is 29.0 Å². The van der Waals surface area contributed by atoms with Crippen LogP contribution in [0.25, 0.3) is 11.4 Å². The van der Waals surface area contributed by atoms with Gasteiger partial charge < -0.3 is 14.0 Å². The molecule has 0 atom stereocenters. The van der Waals surface area contributed by atoms with Crippen LogP contribution in [-0.2, 0) is 6.61 Å². The van der Waals surface area contributed by atoms with Crippen molar-refractivity contribution in [1.82, 2.24) is 10.1 Å². The first-order chi connectivity index (χ1) is 11.8. The minimum absolute atomic E-state index is 0.117. The van der Waals surface area contributed by atoms with Gasteiger partial charge in [-0.1, -0.05) is 35.5 Å². The Morgan fingerprint density at radius 3 is 2.67 bits per heavy atom. The van der Waals surface area contributed by atoms with Crippen molar-refractivity contribution < 1.29 is 14.0 Å². The largest absolute Gasteiger partial charge is 0.490 e. The molecule has 3 rings (SSSR count). The van der Waals surface area contributed by atoms with Crippen LogP contribution in [0.2, 0.25) is 0 Å². The van der Waals surface area contributed by atoms with Gasteiger partial charge in [0.1, 0.15) is 0 Å². The molecule has 3 aromatic rings. The molecule has 1 aromatic heterocycles. The molecule has 0 amide bonds. The fraction of sp³-hybridized carbons (Fsp3) is 0.167. The lowest BCUT2D eigenvalue weighted by atomic mass is 10.2. The lowest BCUT2D eigenvalue weighted by Crippen LogP contribution is -2.00. The third kappa shape index (κ3) is 3.52. The molecular formula is C18H15N3O3. The number of benzene rings is 2. The summed E-state index contributed by atoms with van der Waals surface area (Å²) in [4.78, 5) is 4.31. The number of nitriles is 1. The first kappa shape index (κ1) is 15.6. The molecule has 0 aliphatic carbocycles. The second kappa shape index (κ2) is 7.29.